The highest BCUT2D eigenvalue weighted by molar-refractivity contribution is 5.94. The molecule has 0 aromatic carbocycles. The lowest BCUT2D eigenvalue weighted by atomic mass is 9.79. The topological polar surface area (TPSA) is 72.4 Å². The molecule has 0 atom stereocenters. The summed E-state index contributed by atoms with van der Waals surface area (Å²) >= 11 is 0. The van der Waals surface area contributed by atoms with E-state index in [2.05, 4.69) is 4.98 Å². The fourth-order valence-electron chi connectivity index (χ4n) is 4.47. The highest BCUT2D eigenvalue weighted by Crippen LogP contribution is 2.32. The molecule has 0 unspecified atom stereocenters. The zero-order valence-electron chi connectivity index (χ0n) is 17.4. The molecule has 2 fully saturated rings. The fourth-order valence-corrected chi connectivity index (χ4v) is 4.47. The van der Waals surface area contributed by atoms with Crippen LogP contribution in [0.1, 0.15) is 67.3 Å². The second kappa shape index (κ2) is 9.59. The van der Waals surface area contributed by atoms with E-state index >= 15 is 0 Å². The van der Waals surface area contributed by atoms with Crippen molar-refractivity contribution in [3.8, 4) is 0 Å². The average Bonchev–Trinajstić information content (AvgIpc) is 2.68. The Labute approximate surface area is 168 Å². The van der Waals surface area contributed by atoms with E-state index in [4.69, 9.17) is 9.72 Å². The van der Waals surface area contributed by atoms with Crippen LogP contribution in [0.4, 0.5) is 0 Å². The number of hydrogen-bond donors (Lipinski definition) is 0. The fraction of sp³-hybridized carbons (Fsp3) is 0.727. The molecule has 1 aromatic rings. The molecular formula is C22H33N3O3. The minimum atomic E-state index is 0.0316. The zero-order chi connectivity index (χ0) is 20.1. The summed E-state index contributed by atoms with van der Waals surface area (Å²) in [6.07, 6.45) is 9.38. The van der Waals surface area contributed by atoms with Gasteiger partial charge in [0.1, 0.15) is 5.82 Å². The predicted molar refractivity (Wildman–Crippen MR) is 107 cm³/mol. The molecule has 2 aliphatic rings. The second-order valence-electron chi connectivity index (χ2n) is 8.62. The molecule has 1 saturated heterocycles. The van der Waals surface area contributed by atoms with Crippen LogP contribution in [0.5, 0.6) is 0 Å². The van der Waals surface area contributed by atoms with E-state index in [-0.39, 0.29) is 17.6 Å². The lowest BCUT2D eigenvalue weighted by Crippen LogP contribution is -2.32. The first-order chi connectivity index (χ1) is 13.4. The molecule has 2 heterocycles. The molecule has 1 aromatic heterocycles. The van der Waals surface area contributed by atoms with E-state index in [0.717, 1.165) is 76.1 Å². The van der Waals surface area contributed by atoms with Gasteiger partial charge in [0.25, 0.3) is 0 Å². The van der Waals surface area contributed by atoms with E-state index in [1.165, 1.54) is 0 Å². The summed E-state index contributed by atoms with van der Waals surface area (Å²) in [4.78, 5) is 35.3. The lowest BCUT2D eigenvalue weighted by Gasteiger charge is -2.29. The van der Waals surface area contributed by atoms with Crippen LogP contribution >= 0.6 is 0 Å². The third-order valence-electron chi connectivity index (χ3n) is 6.23. The Kier molecular flexibility index (Phi) is 7.16. The first-order valence-corrected chi connectivity index (χ1v) is 10.6. The Morgan fingerprint density at radius 3 is 2.29 bits per heavy atom. The first kappa shape index (κ1) is 20.9. The highest BCUT2D eigenvalue weighted by atomic mass is 16.5. The minimum absolute atomic E-state index is 0.0316. The van der Waals surface area contributed by atoms with E-state index in [9.17, 15) is 9.59 Å². The van der Waals surface area contributed by atoms with Crippen molar-refractivity contribution >= 4 is 11.7 Å². The Hall–Kier alpha value is -1.82. The van der Waals surface area contributed by atoms with Crippen LogP contribution in [0.25, 0.3) is 0 Å². The maximum absolute atomic E-state index is 12.2. The molecular weight excluding hydrogens is 354 g/mol. The number of amides is 1. The van der Waals surface area contributed by atoms with Crippen LogP contribution < -0.4 is 0 Å². The quantitative estimate of drug-likeness (QED) is 0.702. The van der Waals surface area contributed by atoms with Gasteiger partial charge in [-0.05, 0) is 63.7 Å². The van der Waals surface area contributed by atoms with Crippen LogP contribution in [0.15, 0.2) is 6.20 Å². The molecule has 154 valence electrons. The largest absolute Gasteiger partial charge is 0.381 e. The number of carbonyl (C=O) groups is 2. The van der Waals surface area contributed by atoms with Crippen molar-refractivity contribution < 1.29 is 14.3 Å². The monoisotopic (exact) mass is 387 g/mol. The lowest BCUT2D eigenvalue weighted by molar-refractivity contribution is -0.134. The van der Waals surface area contributed by atoms with Crippen molar-refractivity contribution in [2.75, 3.05) is 27.3 Å². The molecule has 0 spiro atoms. The Morgan fingerprint density at radius 1 is 1.04 bits per heavy atom. The van der Waals surface area contributed by atoms with Crippen molar-refractivity contribution in [3.63, 3.8) is 0 Å². The molecule has 28 heavy (non-hydrogen) atoms. The molecule has 6 nitrogen and oxygen atoms in total. The standard InChI is InChI=1S/C22H33N3O3/c1-15(26)19-14-23-21(13-17-8-10-28-11-9-17)24-20(19)12-16-4-6-18(7-5-16)22(27)25(2)3/h14,16-18H,4-13H2,1-3H3. The second-order valence-corrected chi connectivity index (χ2v) is 8.62. The van der Waals surface area contributed by atoms with Crippen LogP contribution in [0.2, 0.25) is 0 Å². The van der Waals surface area contributed by atoms with Gasteiger partial charge in [-0.1, -0.05) is 0 Å². The minimum Gasteiger partial charge on any atom is -0.381 e. The number of hydrogen-bond acceptors (Lipinski definition) is 5. The number of carbonyl (C=O) groups excluding carboxylic acids is 2. The normalized spacial score (nSPS) is 23.4. The molecule has 0 radical (unpaired) electrons. The van der Waals surface area contributed by atoms with Crippen molar-refractivity contribution in [2.45, 2.75) is 58.3 Å². The van der Waals surface area contributed by atoms with Gasteiger partial charge in [-0.2, -0.15) is 0 Å². The Balaban J connectivity index is 1.65. The van der Waals surface area contributed by atoms with Gasteiger partial charge in [0.15, 0.2) is 5.78 Å². The summed E-state index contributed by atoms with van der Waals surface area (Å²) in [7, 11) is 3.66. The van der Waals surface area contributed by atoms with Crippen molar-refractivity contribution in [3.05, 3.63) is 23.3 Å². The van der Waals surface area contributed by atoms with Crippen molar-refractivity contribution in [1.82, 2.24) is 14.9 Å². The summed E-state index contributed by atoms with van der Waals surface area (Å²) in [5, 5.41) is 0. The molecule has 0 bridgehead atoms. The van der Waals surface area contributed by atoms with Crippen LogP contribution in [-0.2, 0) is 22.4 Å². The number of ether oxygens (including phenoxy) is 1. The predicted octanol–water partition coefficient (Wildman–Crippen LogP) is 3.09. The summed E-state index contributed by atoms with van der Waals surface area (Å²) in [6.45, 7) is 3.23. The smallest absolute Gasteiger partial charge is 0.225 e. The summed E-state index contributed by atoms with van der Waals surface area (Å²) < 4.78 is 5.44. The molecule has 3 rings (SSSR count). The van der Waals surface area contributed by atoms with Gasteiger partial charge in [-0.25, -0.2) is 9.97 Å². The molecule has 1 saturated carbocycles. The van der Waals surface area contributed by atoms with E-state index in [0.29, 0.717) is 17.4 Å². The Bertz CT molecular complexity index is 690. The molecule has 1 aliphatic heterocycles. The van der Waals surface area contributed by atoms with Crippen molar-refractivity contribution in [2.24, 2.45) is 17.8 Å². The van der Waals surface area contributed by atoms with Gasteiger partial charge in [-0.15, -0.1) is 0 Å². The zero-order valence-corrected chi connectivity index (χ0v) is 17.4. The van der Waals surface area contributed by atoms with Crippen LogP contribution in [-0.4, -0.2) is 53.9 Å². The summed E-state index contributed by atoms with van der Waals surface area (Å²) in [6, 6.07) is 0. The third-order valence-corrected chi connectivity index (χ3v) is 6.23. The highest BCUT2D eigenvalue weighted by Gasteiger charge is 2.28. The summed E-state index contributed by atoms with van der Waals surface area (Å²) in [5.74, 6) is 2.32. The number of ketones is 1. The van der Waals surface area contributed by atoms with Gasteiger partial charge in [0.2, 0.25) is 5.91 Å². The molecule has 6 heteroatoms. The third kappa shape index (κ3) is 5.37. The molecule has 1 aliphatic carbocycles. The number of aromatic nitrogens is 2. The van der Waals surface area contributed by atoms with E-state index < -0.39 is 0 Å². The van der Waals surface area contributed by atoms with Gasteiger partial charge in [0, 0.05) is 45.8 Å². The van der Waals surface area contributed by atoms with Gasteiger partial charge >= 0.3 is 0 Å². The van der Waals surface area contributed by atoms with Crippen molar-refractivity contribution in [1.29, 1.82) is 0 Å². The van der Waals surface area contributed by atoms with Crippen LogP contribution in [0, 0.1) is 17.8 Å². The van der Waals surface area contributed by atoms with Gasteiger partial charge in [0.05, 0.1) is 11.3 Å². The van der Waals surface area contributed by atoms with Gasteiger partial charge < -0.3 is 9.64 Å². The summed E-state index contributed by atoms with van der Waals surface area (Å²) in [5.41, 5.74) is 1.55. The van der Waals surface area contributed by atoms with Crippen LogP contribution in [0.3, 0.4) is 0 Å². The van der Waals surface area contributed by atoms with Gasteiger partial charge in [-0.3, -0.25) is 9.59 Å². The maximum Gasteiger partial charge on any atom is 0.225 e. The number of nitrogens with zero attached hydrogens (tertiary/aromatic N) is 3. The molecule has 1 amide bonds. The van der Waals surface area contributed by atoms with E-state index in [1.807, 2.05) is 14.1 Å². The molecule has 0 N–H and O–H groups in total. The Morgan fingerprint density at radius 2 is 1.68 bits per heavy atom. The van der Waals surface area contributed by atoms with E-state index in [1.54, 1.807) is 18.0 Å². The maximum atomic E-state index is 12.2. The SMILES string of the molecule is CC(=O)c1cnc(CC2CCOCC2)nc1CC1CCC(C(=O)N(C)C)CC1. The first-order valence-electron chi connectivity index (χ1n) is 10.6. The number of Topliss-reactive ketones (excluding diaryl/α,β-unsaturated/α-hetero) is 1. The number of rotatable bonds is 6. The average molecular weight is 388 g/mol.